The largest absolute Gasteiger partial charge is 0.497 e. The van der Waals surface area contributed by atoms with Gasteiger partial charge < -0.3 is 9.64 Å². The molecule has 28 heavy (non-hydrogen) atoms. The number of carbonyl (C=O) groups excluding carboxylic acids is 1. The zero-order chi connectivity index (χ0) is 20.1. The van der Waals surface area contributed by atoms with Crippen LogP contribution in [0.4, 0.5) is 5.69 Å². The van der Waals surface area contributed by atoms with Crippen molar-refractivity contribution in [1.29, 1.82) is 0 Å². The first kappa shape index (κ1) is 19.7. The highest BCUT2D eigenvalue weighted by Crippen LogP contribution is 2.23. The smallest absolute Gasteiger partial charge is 0.251 e. The minimum atomic E-state index is -0.145. The van der Waals surface area contributed by atoms with E-state index in [0.717, 1.165) is 28.3 Å². The number of hydrogen-bond acceptors (Lipinski definition) is 3. The molecule has 3 rings (SSSR count). The van der Waals surface area contributed by atoms with Gasteiger partial charge in [0.1, 0.15) is 10.9 Å². The molecule has 3 aromatic rings. The summed E-state index contributed by atoms with van der Waals surface area (Å²) in [7, 11) is 3.39. The maximum absolute atomic E-state index is 13.0. The van der Waals surface area contributed by atoms with E-state index < -0.39 is 0 Å². The third-order valence-electron chi connectivity index (χ3n) is 4.42. The van der Waals surface area contributed by atoms with E-state index in [1.54, 1.807) is 29.8 Å². The Morgan fingerprint density at radius 1 is 1.18 bits per heavy atom. The molecule has 0 saturated carbocycles. The summed E-state index contributed by atoms with van der Waals surface area (Å²) in [6.45, 7) is 2.32. The molecule has 0 unspecified atom stereocenters. The number of carbonyl (C=O) groups is 1. The fourth-order valence-corrected chi connectivity index (χ4v) is 3.14. The monoisotopic (exact) mass is 395 g/mol. The molecule has 0 saturated heterocycles. The number of aryl methyl sites for hydroxylation is 2. The molecule has 0 aliphatic carbocycles. The Hall–Kier alpha value is -3.05. The molecule has 1 aromatic heterocycles. The third kappa shape index (κ3) is 4.43. The van der Waals surface area contributed by atoms with Crippen molar-refractivity contribution in [2.24, 2.45) is 7.05 Å². The zero-order valence-electron chi connectivity index (χ0n) is 16.1. The van der Waals surface area contributed by atoms with E-state index in [-0.39, 0.29) is 5.91 Å². The minimum Gasteiger partial charge on any atom is -0.497 e. The van der Waals surface area contributed by atoms with E-state index in [2.05, 4.69) is 5.10 Å². The van der Waals surface area contributed by atoms with Crippen molar-refractivity contribution in [3.8, 4) is 5.75 Å². The highest BCUT2D eigenvalue weighted by molar-refractivity contribution is 6.31. The lowest BCUT2D eigenvalue weighted by Crippen LogP contribution is -2.28. The molecule has 6 heteroatoms. The number of ether oxygens (including phenoxy) is 1. The molecule has 2 aromatic carbocycles. The molecule has 1 amide bonds. The second kappa shape index (κ2) is 8.76. The molecule has 5 nitrogen and oxygen atoms in total. The van der Waals surface area contributed by atoms with Gasteiger partial charge in [-0.15, -0.1) is 0 Å². The third-order valence-corrected chi connectivity index (χ3v) is 4.87. The van der Waals surface area contributed by atoms with Gasteiger partial charge in [-0.1, -0.05) is 41.9 Å². The summed E-state index contributed by atoms with van der Waals surface area (Å²) in [6.07, 6.45) is 3.25. The van der Waals surface area contributed by atoms with E-state index in [1.165, 1.54) is 6.08 Å². The number of nitrogens with zero attached hydrogens (tertiary/aromatic N) is 3. The molecular formula is C22H22ClN3O2. The van der Waals surface area contributed by atoms with Crippen LogP contribution in [0.2, 0.25) is 5.15 Å². The Bertz CT molecular complexity index is 979. The van der Waals surface area contributed by atoms with E-state index in [1.807, 2.05) is 61.5 Å². The molecule has 0 fully saturated rings. The van der Waals surface area contributed by atoms with Crippen LogP contribution in [0.25, 0.3) is 6.08 Å². The summed E-state index contributed by atoms with van der Waals surface area (Å²) < 4.78 is 6.81. The van der Waals surface area contributed by atoms with Crippen molar-refractivity contribution in [2.75, 3.05) is 12.0 Å². The van der Waals surface area contributed by atoms with Gasteiger partial charge >= 0.3 is 0 Å². The molecule has 0 aliphatic heterocycles. The van der Waals surface area contributed by atoms with Gasteiger partial charge in [0.05, 0.1) is 19.3 Å². The molecule has 0 radical (unpaired) electrons. The Kier molecular flexibility index (Phi) is 6.16. The first-order valence-corrected chi connectivity index (χ1v) is 9.24. The Labute approximate surface area is 169 Å². The van der Waals surface area contributed by atoms with Crippen molar-refractivity contribution in [3.63, 3.8) is 0 Å². The molecule has 0 atom stereocenters. The Balaban J connectivity index is 1.90. The van der Waals surface area contributed by atoms with Gasteiger partial charge in [-0.05, 0) is 42.8 Å². The maximum atomic E-state index is 13.0. The summed E-state index contributed by atoms with van der Waals surface area (Å²) in [6, 6.07) is 17.3. The molecular weight excluding hydrogens is 374 g/mol. The lowest BCUT2D eigenvalue weighted by Gasteiger charge is -2.22. The Morgan fingerprint density at radius 2 is 1.86 bits per heavy atom. The van der Waals surface area contributed by atoms with Gasteiger partial charge in [0.25, 0.3) is 5.91 Å². The number of methoxy groups -OCH3 is 1. The van der Waals surface area contributed by atoms with Gasteiger partial charge in [-0.2, -0.15) is 5.10 Å². The maximum Gasteiger partial charge on any atom is 0.251 e. The van der Waals surface area contributed by atoms with Gasteiger partial charge in [0, 0.05) is 24.4 Å². The normalized spacial score (nSPS) is 11.0. The number of anilines is 1. The minimum absolute atomic E-state index is 0.145. The Morgan fingerprint density at radius 3 is 2.43 bits per heavy atom. The van der Waals surface area contributed by atoms with Crippen LogP contribution in [0.15, 0.2) is 60.7 Å². The standard InChI is InChI=1S/C22H22ClN3O2/c1-16-20(22(23)25(2)24-16)13-14-21(27)26(15-17-7-5-4-6-8-17)18-9-11-19(28-3)12-10-18/h4-14H,15H2,1-3H3/b14-13+. The van der Waals surface area contributed by atoms with Gasteiger partial charge in [0.2, 0.25) is 0 Å². The molecule has 0 aliphatic rings. The van der Waals surface area contributed by atoms with Crippen LogP contribution >= 0.6 is 11.6 Å². The first-order valence-electron chi connectivity index (χ1n) is 8.86. The van der Waals surface area contributed by atoms with E-state index >= 15 is 0 Å². The predicted octanol–water partition coefficient (Wildman–Crippen LogP) is 4.64. The predicted molar refractivity (Wildman–Crippen MR) is 113 cm³/mol. The van der Waals surface area contributed by atoms with Crippen LogP contribution in [0.1, 0.15) is 16.8 Å². The van der Waals surface area contributed by atoms with Gasteiger partial charge in [0.15, 0.2) is 0 Å². The number of halogens is 1. The second-order valence-corrected chi connectivity index (χ2v) is 6.71. The summed E-state index contributed by atoms with van der Waals surface area (Å²) >= 11 is 6.27. The topological polar surface area (TPSA) is 47.4 Å². The number of benzene rings is 2. The number of hydrogen-bond donors (Lipinski definition) is 0. The fraction of sp³-hybridized carbons (Fsp3) is 0.182. The summed E-state index contributed by atoms with van der Waals surface area (Å²) in [4.78, 5) is 14.8. The zero-order valence-corrected chi connectivity index (χ0v) is 16.8. The number of aromatic nitrogens is 2. The van der Waals surface area contributed by atoms with Crippen LogP contribution in [0, 0.1) is 6.92 Å². The summed E-state index contributed by atoms with van der Waals surface area (Å²) in [5.74, 6) is 0.595. The molecule has 0 spiro atoms. The molecule has 0 bridgehead atoms. The molecule has 1 heterocycles. The lowest BCUT2D eigenvalue weighted by molar-refractivity contribution is -0.114. The number of rotatable bonds is 6. The highest BCUT2D eigenvalue weighted by atomic mass is 35.5. The van der Waals surface area contributed by atoms with Crippen LogP contribution < -0.4 is 9.64 Å². The molecule has 0 N–H and O–H groups in total. The average molecular weight is 396 g/mol. The van der Waals surface area contributed by atoms with Crippen molar-refractivity contribution in [3.05, 3.63) is 82.6 Å². The van der Waals surface area contributed by atoms with Crippen molar-refractivity contribution in [1.82, 2.24) is 9.78 Å². The molecule has 144 valence electrons. The average Bonchev–Trinajstić information content (AvgIpc) is 2.96. The fourth-order valence-electron chi connectivity index (χ4n) is 2.90. The van der Waals surface area contributed by atoms with E-state index in [9.17, 15) is 4.79 Å². The van der Waals surface area contributed by atoms with Crippen LogP contribution in [0.5, 0.6) is 5.75 Å². The second-order valence-electron chi connectivity index (χ2n) is 6.35. The van der Waals surface area contributed by atoms with Gasteiger partial charge in [-0.3, -0.25) is 9.48 Å². The summed E-state index contributed by atoms with van der Waals surface area (Å²) in [5.41, 5.74) is 3.34. The summed E-state index contributed by atoms with van der Waals surface area (Å²) in [5, 5.41) is 4.77. The SMILES string of the molecule is COc1ccc(N(Cc2ccccc2)C(=O)/C=C/c2c(C)nn(C)c2Cl)cc1. The van der Waals surface area contributed by atoms with Crippen LogP contribution in [-0.4, -0.2) is 22.8 Å². The lowest BCUT2D eigenvalue weighted by atomic mass is 10.1. The van der Waals surface area contributed by atoms with E-state index in [0.29, 0.717) is 11.7 Å². The van der Waals surface area contributed by atoms with Gasteiger partial charge in [-0.25, -0.2) is 0 Å². The quantitative estimate of drug-likeness (QED) is 0.571. The van der Waals surface area contributed by atoms with Crippen molar-refractivity contribution in [2.45, 2.75) is 13.5 Å². The van der Waals surface area contributed by atoms with Crippen LogP contribution in [-0.2, 0) is 18.4 Å². The van der Waals surface area contributed by atoms with Crippen molar-refractivity contribution >= 4 is 29.3 Å². The van der Waals surface area contributed by atoms with Crippen LogP contribution in [0.3, 0.4) is 0 Å². The first-order chi connectivity index (χ1) is 13.5. The van der Waals surface area contributed by atoms with E-state index in [4.69, 9.17) is 16.3 Å². The number of amides is 1. The van der Waals surface area contributed by atoms with Crippen molar-refractivity contribution < 1.29 is 9.53 Å². The highest BCUT2D eigenvalue weighted by Gasteiger charge is 2.15.